The molecule has 2 heterocycles. The molecule has 1 fully saturated rings. The minimum absolute atomic E-state index is 0.0670. The van der Waals surface area contributed by atoms with Crippen molar-refractivity contribution < 1.29 is 21.6 Å². The summed E-state index contributed by atoms with van der Waals surface area (Å²) < 4.78 is 67.5. The zero-order chi connectivity index (χ0) is 21.5. The summed E-state index contributed by atoms with van der Waals surface area (Å²) in [6.07, 6.45) is -4.78. The van der Waals surface area contributed by atoms with Crippen molar-refractivity contribution >= 4 is 26.6 Å². The molecule has 4 rings (SSSR count). The number of alkyl halides is 3. The minimum atomic E-state index is -4.78. The number of para-hydroxylation sites is 1. The van der Waals surface area contributed by atoms with Crippen LogP contribution in [0.15, 0.2) is 64.3 Å². The average molecular weight is 437 g/mol. The minimum Gasteiger partial charge on any atom is -0.369 e. The normalized spacial score (nSPS) is 16.2. The van der Waals surface area contributed by atoms with E-state index in [0.717, 1.165) is 11.8 Å². The van der Waals surface area contributed by atoms with Crippen LogP contribution in [0.2, 0.25) is 0 Å². The predicted octanol–water partition coefficient (Wildman–Crippen LogP) is 3.06. The Kier molecular flexibility index (Phi) is 5.07. The van der Waals surface area contributed by atoms with Crippen molar-refractivity contribution in [2.24, 2.45) is 0 Å². The Morgan fingerprint density at radius 2 is 1.57 bits per heavy atom. The van der Waals surface area contributed by atoms with E-state index in [2.05, 4.69) is 9.88 Å². The van der Waals surface area contributed by atoms with Gasteiger partial charge < -0.3 is 9.88 Å². The first-order valence-corrected chi connectivity index (χ1v) is 10.6. The molecule has 0 atom stereocenters. The number of halogens is 3. The van der Waals surface area contributed by atoms with Crippen molar-refractivity contribution in [2.45, 2.75) is 11.1 Å². The summed E-state index contributed by atoms with van der Waals surface area (Å²) in [6, 6.07) is 13.4. The molecule has 3 aromatic rings. The van der Waals surface area contributed by atoms with Gasteiger partial charge in [-0.2, -0.15) is 17.5 Å². The number of aromatic nitrogens is 1. The smallest absolute Gasteiger partial charge is 0.369 e. The molecule has 6 nitrogen and oxygen atoms in total. The maximum atomic E-state index is 13.4. The first kappa shape index (κ1) is 20.4. The monoisotopic (exact) mass is 437 g/mol. The van der Waals surface area contributed by atoms with Gasteiger partial charge in [0.1, 0.15) is 0 Å². The van der Waals surface area contributed by atoms with E-state index in [-0.39, 0.29) is 28.9 Å². The summed E-state index contributed by atoms with van der Waals surface area (Å²) in [6.45, 7) is 1.37. The van der Waals surface area contributed by atoms with E-state index >= 15 is 0 Å². The molecule has 1 N–H and O–H groups in total. The number of benzene rings is 2. The lowest BCUT2D eigenvalue weighted by Crippen LogP contribution is -2.48. The topological polar surface area (TPSA) is 73.5 Å². The van der Waals surface area contributed by atoms with Gasteiger partial charge in [-0.1, -0.05) is 18.2 Å². The molecule has 0 aliphatic carbocycles. The number of pyridine rings is 1. The predicted molar refractivity (Wildman–Crippen MR) is 107 cm³/mol. The number of rotatable bonds is 3. The second kappa shape index (κ2) is 7.44. The van der Waals surface area contributed by atoms with Gasteiger partial charge in [0.05, 0.1) is 10.5 Å². The molecule has 0 saturated carbocycles. The number of hydrogen-bond acceptors (Lipinski definition) is 4. The molecule has 30 heavy (non-hydrogen) atoms. The SMILES string of the molecule is O=c1cc(C(F)(F)F)c2cc(S(=O)(=O)N3CCN(c4ccccc4)CC3)ccc2[nH]1. The summed E-state index contributed by atoms with van der Waals surface area (Å²) in [5.74, 6) is 0. The Morgan fingerprint density at radius 1 is 0.900 bits per heavy atom. The Hall–Kier alpha value is -2.85. The number of piperazine rings is 1. The molecule has 1 aliphatic rings. The molecule has 1 saturated heterocycles. The van der Waals surface area contributed by atoms with Gasteiger partial charge in [0.25, 0.3) is 0 Å². The number of H-pyrrole nitrogens is 1. The highest BCUT2D eigenvalue weighted by atomic mass is 32.2. The molecule has 0 bridgehead atoms. The average Bonchev–Trinajstić information content (AvgIpc) is 2.73. The Bertz CT molecular complexity index is 1230. The van der Waals surface area contributed by atoms with Crippen LogP contribution in [-0.2, 0) is 16.2 Å². The van der Waals surface area contributed by atoms with Crippen LogP contribution < -0.4 is 10.5 Å². The maximum Gasteiger partial charge on any atom is 0.417 e. The fraction of sp³-hybridized carbons (Fsp3) is 0.250. The number of nitrogens with one attached hydrogen (secondary N) is 1. The molecule has 0 unspecified atom stereocenters. The number of sulfonamides is 1. The van der Waals surface area contributed by atoms with Gasteiger partial charge in [0, 0.05) is 48.8 Å². The highest BCUT2D eigenvalue weighted by molar-refractivity contribution is 7.89. The third-order valence-corrected chi connectivity index (χ3v) is 7.01. The van der Waals surface area contributed by atoms with E-state index in [0.29, 0.717) is 19.2 Å². The zero-order valence-electron chi connectivity index (χ0n) is 15.7. The quantitative estimate of drug-likeness (QED) is 0.684. The lowest BCUT2D eigenvalue weighted by atomic mass is 10.1. The summed E-state index contributed by atoms with van der Waals surface area (Å²) >= 11 is 0. The van der Waals surface area contributed by atoms with E-state index in [9.17, 15) is 26.4 Å². The molecule has 0 radical (unpaired) electrons. The molecule has 1 aromatic heterocycles. The summed E-state index contributed by atoms with van der Waals surface area (Å²) in [4.78, 5) is 15.7. The van der Waals surface area contributed by atoms with E-state index in [1.165, 1.54) is 16.4 Å². The fourth-order valence-corrected chi connectivity index (χ4v) is 5.05. The molecular formula is C20H18F3N3O3S. The second-order valence-corrected chi connectivity index (χ2v) is 8.92. The van der Waals surface area contributed by atoms with Crippen LogP contribution in [0.1, 0.15) is 5.56 Å². The molecule has 10 heteroatoms. The van der Waals surface area contributed by atoms with Crippen molar-refractivity contribution in [1.29, 1.82) is 0 Å². The lowest BCUT2D eigenvalue weighted by molar-refractivity contribution is -0.136. The van der Waals surface area contributed by atoms with Gasteiger partial charge in [-0.15, -0.1) is 0 Å². The zero-order valence-corrected chi connectivity index (χ0v) is 16.5. The van der Waals surface area contributed by atoms with Crippen molar-refractivity contribution in [1.82, 2.24) is 9.29 Å². The summed E-state index contributed by atoms with van der Waals surface area (Å²) in [5, 5.41) is -0.355. The van der Waals surface area contributed by atoms with Crippen LogP contribution in [-0.4, -0.2) is 43.9 Å². The van der Waals surface area contributed by atoms with Crippen molar-refractivity contribution in [2.75, 3.05) is 31.1 Å². The van der Waals surface area contributed by atoms with Gasteiger partial charge in [-0.3, -0.25) is 4.79 Å². The van der Waals surface area contributed by atoms with Gasteiger partial charge in [-0.25, -0.2) is 8.42 Å². The van der Waals surface area contributed by atoms with E-state index in [1.54, 1.807) is 0 Å². The fourth-order valence-electron chi connectivity index (χ4n) is 3.60. The van der Waals surface area contributed by atoms with Gasteiger partial charge in [0.15, 0.2) is 0 Å². The van der Waals surface area contributed by atoms with Crippen LogP contribution in [0, 0.1) is 0 Å². The van der Waals surface area contributed by atoms with Crippen molar-refractivity contribution in [3.63, 3.8) is 0 Å². The molecular weight excluding hydrogens is 419 g/mol. The van der Waals surface area contributed by atoms with Gasteiger partial charge in [-0.05, 0) is 30.3 Å². The molecule has 2 aromatic carbocycles. The summed E-state index contributed by atoms with van der Waals surface area (Å²) in [5.41, 5.74) is -1.14. The first-order chi connectivity index (χ1) is 14.2. The van der Waals surface area contributed by atoms with Crippen LogP contribution >= 0.6 is 0 Å². The summed E-state index contributed by atoms with van der Waals surface area (Å²) in [7, 11) is -3.98. The number of aromatic amines is 1. The van der Waals surface area contributed by atoms with Crippen LogP contribution in [0.3, 0.4) is 0 Å². The third-order valence-electron chi connectivity index (χ3n) is 5.12. The number of nitrogens with zero attached hydrogens (tertiary/aromatic N) is 2. The molecule has 0 spiro atoms. The Balaban J connectivity index is 1.65. The molecule has 158 valence electrons. The Labute approximate surface area is 170 Å². The highest BCUT2D eigenvalue weighted by Crippen LogP contribution is 2.34. The van der Waals surface area contributed by atoms with E-state index < -0.39 is 27.3 Å². The first-order valence-electron chi connectivity index (χ1n) is 9.21. The van der Waals surface area contributed by atoms with E-state index in [1.807, 2.05) is 30.3 Å². The number of hydrogen-bond donors (Lipinski definition) is 1. The van der Waals surface area contributed by atoms with Gasteiger partial charge in [0.2, 0.25) is 15.6 Å². The maximum absolute atomic E-state index is 13.4. The Morgan fingerprint density at radius 3 is 2.20 bits per heavy atom. The van der Waals surface area contributed by atoms with Crippen LogP contribution in [0.25, 0.3) is 10.9 Å². The van der Waals surface area contributed by atoms with Crippen LogP contribution in [0.4, 0.5) is 18.9 Å². The highest BCUT2D eigenvalue weighted by Gasteiger charge is 2.34. The number of fused-ring (bicyclic) bond motifs is 1. The number of anilines is 1. The largest absolute Gasteiger partial charge is 0.417 e. The van der Waals surface area contributed by atoms with E-state index in [4.69, 9.17) is 0 Å². The third kappa shape index (κ3) is 3.80. The molecule has 1 aliphatic heterocycles. The second-order valence-electron chi connectivity index (χ2n) is 6.98. The lowest BCUT2D eigenvalue weighted by Gasteiger charge is -2.35. The molecule has 0 amide bonds. The standard InChI is InChI=1S/C20H18F3N3O3S/c21-20(22,23)17-13-19(27)24-18-7-6-15(12-16(17)18)30(28,29)26-10-8-25(9-11-26)14-4-2-1-3-5-14/h1-7,12-13H,8-11H2,(H,24,27). The van der Waals surface area contributed by atoms with Crippen LogP contribution in [0.5, 0.6) is 0 Å². The van der Waals surface area contributed by atoms with Crippen molar-refractivity contribution in [3.05, 3.63) is 70.5 Å². The van der Waals surface area contributed by atoms with Crippen molar-refractivity contribution in [3.8, 4) is 0 Å². The van der Waals surface area contributed by atoms with Gasteiger partial charge >= 0.3 is 6.18 Å².